The molecule has 0 radical (unpaired) electrons. The third-order valence-electron chi connectivity index (χ3n) is 4.22. The molecule has 25 heavy (non-hydrogen) atoms. The average Bonchev–Trinajstić information content (AvgIpc) is 3.32. The number of halogens is 1. The molecule has 1 amide bonds. The third kappa shape index (κ3) is 3.11. The van der Waals surface area contributed by atoms with Crippen LogP contribution in [0.15, 0.2) is 77.2 Å². The summed E-state index contributed by atoms with van der Waals surface area (Å²) in [6.07, 6.45) is 0.644. The first kappa shape index (κ1) is 16.1. The van der Waals surface area contributed by atoms with E-state index in [9.17, 15) is 4.79 Å². The van der Waals surface area contributed by atoms with Gasteiger partial charge in [0.05, 0.1) is 16.6 Å². The van der Waals surface area contributed by atoms with Crippen molar-refractivity contribution in [3.05, 3.63) is 93.1 Å². The molecule has 1 atom stereocenters. The van der Waals surface area contributed by atoms with Crippen molar-refractivity contribution < 1.29 is 4.79 Å². The molecule has 1 aromatic heterocycles. The topological polar surface area (TPSA) is 32.7 Å². The standard InChI is InChI=1S/C20H15ClN2OS/c21-16-10-5-4-9-15(16)18-13-17(14-7-2-1-3-8-14)22-23(18)20(24)19-11-6-12-25-19/h1-12,18H,13H2. The van der Waals surface area contributed by atoms with Crippen molar-refractivity contribution in [3.63, 3.8) is 0 Å². The van der Waals surface area contributed by atoms with E-state index in [1.807, 2.05) is 72.1 Å². The Balaban J connectivity index is 1.75. The molecule has 3 aromatic rings. The maximum absolute atomic E-state index is 13.0. The van der Waals surface area contributed by atoms with Crippen LogP contribution < -0.4 is 0 Å². The molecule has 5 heteroatoms. The number of hydrogen-bond donors (Lipinski definition) is 0. The fourth-order valence-electron chi connectivity index (χ4n) is 3.00. The minimum Gasteiger partial charge on any atom is -0.266 e. The predicted molar refractivity (Wildman–Crippen MR) is 102 cm³/mol. The first-order chi connectivity index (χ1) is 12.2. The number of carbonyl (C=O) groups excluding carboxylic acids is 1. The first-order valence-electron chi connectivity index (χ1n) is 7.98. The lowest BCUT2D eigenvalue weighted by molar-refractivity contribution is 0.0716. The van der Waals surface area contributed by atoms with Crippen molar-refractivity contribution in [2.75, 3.05) is 0 Å². The smallest absolute Gasteiger partial charge is 0.266 e. The molecule has 124 valence electrons. The van der Waals surface area contributed by atoms with Gasteiger partial charge in [-0.2, -0.15) is 5.10 Å². The Labute approximate surface area is 155 Å². The Morgan fingerprint density at radius 1 is 1.04 bits per heavy atom. The summed E-state index contributed by atoms with van der Waals surface area (Å²) in [7, 11) is 0. The first-order valence-corrected chi connectivity index (χ1v) is 9.24. The number of nitrogens with zero attached hydrogens (tertiary/aromatic N) is 2. The summed E-state index contributed by atoms with van der Waals surface area (Å²) in [5, 5.41) is 8.79. The van der Waals surface area contributed by atoms with Crippen LogP contribution in [0.4, 0.5) is 0 Å². The molecule has 0 aliphatic carbocycles. The molecule has 2 aromatic carbocycles. The number of hydrazone groups is 1. The fourth-order valence-corrected chi connectivity index (χ4v) is 3.92. The minimum atomic E-state index is -0.196. The highest BCUT2D eigenvalue weighted by Gasteiger charge is 2.34. The monoisotopic (exact) mass is 366 g/mol. The van der Waals surface area contributed by atoms with Gasteiger partial charge in [0.1, 0.15) is 0 Å². The van der Waals surface area contributed by atoms with Gasteiger partial charge < -0.3 is 0 Å². The predicted octanol–water partition coefficient (Wildman–Crippen LogP) is 5.39. The molecule has 0 N–H and O–H groups in total. The molecule has 1 aliphatic rings. The molecule has 0 saturated carbocycles. The number of rotatable bonds is 3. The summed E-state index contributed by atoms with van der Waals surface area (Å²) in [5.74, 6) is -0.0918. The minimum absolute atomic E-state index is 0.0918. The SMILES string of the molecule is O=C(c1cccs1)N1N=C(c2ccccc2)CC1c1ccccc1Cl. The van der Waals surface area contributed by atoms with Gasteiger partial charge in [0.2, 0.25) is 0 Å². The van der Waals surface area contributed by atoms with Crippen molar-refractivity contribution in [2.45, 2.75) is 12.5 Å². The zero-order valence-corrected chi connectivity index (χ0v) is 14.9. The van der Waals surface area contributed by atoms with E-state index in [1.165, 1.54) is 11.3 Å². The molecule has 4 rings (SSSR count). The lowest BCUT2D eigenvalue weighted by Crippen LogP contribution is -2.26. The summed E-state index contributed by atoms with van der Waals surface area (Å²) in [4.78, 5) is 13.6. The highest BCUT2D eigenvalue weighted by Crippen LogP contribution is 2.37. The van der Waals surface area contributed by atoms with Crippen LogP contribution in [0.5, 0.6) is 0 Å². The highest BCUT2D eigenvalue weighted by molar-refractivity contribution is 7.12. The summed E-state index contributed by atoms with van der Waals surface area (Å²) in [6.45, 7) is 0. The zero-order chi connectivity index (χ0) is 17.2. The van der Waals surface area contributed by atoms with E-state index in [0.29, 0.717) is 16.3 Å². The average molecular weight is 367 g/mol. The number of amides is 1. The van der Waals surface area contributed by atoms with Gasteiger partial charge >= 0.3 is 0 Å². The van der Waals surface area contributed by atoms with Crippen LogP contribution in [-0.4, -0.2) is 16.6 Å². The largest absolute Gasteiger partial charge is 0.284 e. The van der Waals surface area contributed by atoms with Crippen molar-refractivity contribution >= 4 is 34.6 Å². The Morgan fingerprint density at radius 2 is 1.80 bits per heavy atom. The van der Waals surface area contributed by atoms with E-state index in [-0.39, 0.29) is 11.9 Å². The van der Waals surface area contributed by atoms with Crippen LogP contribution in [0.3, 0.4) is 0 Å². The molecule has 0 spiro atoms. The molecular weight excluding hydrogens is 352 g/mol. The summed E-state index contributed by atoms with van der Waals surface area (Å²) < 4.78 is 0. The Kier molecular flexibility index (Phi) is 4.38. The second kappa shape index (κ2) is 6.82. The zero-order valence-electron chi connectivity index (χ0n) is 13.3. The summed E-state index contributed by atoms with van der Waals surface area (Å²) in [6, 6.07) is 21.1. The molecule has 0 bridgehead atoms. The van der Waals surface area contributed by atoms with Gasteiger partial charge in [0.25, 0.3) is 5.91 Å². The van der Waals surface area contributed by atoms with E-state index >= 15 is 0 Å². The van der Waals surface area contributed by atoms with Crippen LogP contribution in [0.2, 0.25) is 5.02 Å². The molecule has 3 nitrogen and oxygen atoms in total. The van der Waals surface area contributed by atoms with E-state index in [0.717, 1.165) is 16.8 Å². The molecule has 0 saturated heterocycles. The van der Waals surface area contributed by atoms with Gasteiger partial charge in [0.15, 0.2) is 0 Å². The van der Waals surface area contributed by atoms with Crippen molar-refractivity contribution in [3.8, 4) is 0 Å². The number of hydrogen-bond acceptors (Lipinski definition) is 3. The molecule has 1 unspecified atom stereocenters. The lowest BCUT2D eigenvalue weighted by atomic mass is 9.98. The van der Waals surface area contributed by atoms with Gasteiger partial charge in [-0.25, -0.2) is 5.01 Å². The molecule has 2 heterocycles. The number of carbonyl (C=O) groups is 1. The Morgan fingerprint density at radius 3 is 2.52 bits per heavy atom. The van der Waals surface area contributed by atoms with Gasteiger partial charge in [-0.3, -0.25) is 4.79 Å². The van der Waals surface area contributed by atoms with Crippen molar-refractivity contribution in [1.29, 1.82) is 0 Å². The normalized spacial score (nSPS) is 16.8. The van der Waals surface area contributed by atoms with Crippen LogP contribution in [-0.2, 0) is 0 Å². The Bertz CT molecular complexity index is 922. The van der Waals surface area contributed by atoms with Crippen LogP contribution in [0.1, 0.15) is 33.3 Å². The Hall–Kier alpha value is -2.43. The van der Waals surface area contributed by atoms with Crippen molar-refractivity contribution in [1.82, 2.24) is 5.01 Å². The highest BCUT2D eigenvalue weighted by atomic mass is 35.5. The molecule has 1 aliphatic heterocycles. The van der Waals surface area contributed by atoms with E-state index in [2.05, 4.69) is 5.10 Å². The maximum Gasteiger partial charge on any atom is 0.284 e. The second-order valence-corrected chi connectivity index (χ2v) is 7.14. The van der Waals surface area contributed by atoms with Gasteiger partial charge in [-0.15, -0.1) is 11.3 Å². The fraction of sp³-hybridized carbons (Fsp3) is 0.100. The number of benzene rings is 2. The van der Waals surface area contributed by atoms with Crippen LogP contribution in [0, 0.1) is 0 Å². The summed E-state index contributed by atoms with van der Waals surface area (Å²) >= 11 is 7.83. The van der Waals surface area contributed by atoms with E-state index in [4.69, 9.17) is 11.6 Å². The van der Waals surface area contributed by atoms with Crippen molar-refractivity contribution in [2.24, 2.45) is 5.10 Å². The van der Waals surface area contributed by atoms with Gasteiger partial charge in [-0.05, 0) is 28.6 Å². The lowest BCUT2D eigenvalue weighted by Gasteiger charge is -2.22. The van der Waals surface area contributed by atoms with Crippen LogP contribution >= 0.6 is 22.9 Å². The molecular formula is C20H15ClN2OS. The maximum atomic E-state index is 13.0. The number of thiophene rings is 1. The molecule has 0 fully saturated rings. The summed E-state index contributed by atoms with van der Waals surface area (Å²) in [5.41, 5.74) is 2.85. The van der Waals surface area contributed by atoms with Gasteiger partial charge in [-0.1, -0.05) is 66.2 Å². The van der Waals surface area contributed by atoms with E-state index < -0.39 is 0 Å². The second-order valence-electron chi connectivity index (χ2n) is 5.78. The van der Waals surface area contributed by atoms with Gasteiger partial charge in [0, 0.05) is 11.4 Å². The third-order valence-corrected chi connectivity index (χ3v) is 5.42. The van der Waals surface area contributed by atoms with E-state index in [1.54, 1.807) is 5.01 Å². The quantitative estimate of drug-likeness (QED) is 0.611. The van der Waals surface area contributed by atoms with Crippen LogP contribution in [0.25, 0.3) is 0 Å².